The number of pyridine rings is 1. The number of carbonyl (C=O) groups is 3. The van der Waals surface area contributed by atoms with E-state index in [2.05, 4.69) is 16.8 Å². The molecule has 2 aromatic rings. The van der Waals surface area contributed by atoms with Gasteiger partial charge in [-0.05, 0) is 42.9 Å². The molecule has 1 fully saturated rings. The highest BCUT2D eigenvalue weighted by molar-refractivity contribution is 5.95. The first-order valence-corrected chi connectivity index (χ1v) is 11.1. The monoisotopic (exact) mass is 490 g/mol. The van der Waals surface area contributed by atoms with Crippen LogP contribution in [-0.2, 0) is 11.3 Å². The van der Waals surface area contributed by atoms with E-state index in [-0.39, 0.29) is 18.1 Å². The van der Waals surface area contributed by atoms with Crippen LogP contribution in [-0.4, -0.2) is 78.9 Å². The van der Waals surface area contributed by atoms with E-state index in [0.717, 1.165) is 19.6 Å². The van der Waals surface area contributed by atoms with Crippen molar-refractivity contribution in [1.29, 1.82) is 0 Å². The van der Waals surface area contributed by atoms with Gasteiger partial charge in [-0.1, -0.05) is 6.92 Å². The van der Waals surface area contributed by atoms with Crippen molar-refractivity contribution in [2.24, 2.45) is 0 Å². The van der Waals surface area contributed by atoms with Crippen LogP contribution in [0.15, 0.2) is 42.6 Å². The number of aromatic nitrogens is 1. The number of benzene rings is 1. The molecule has 1 aromatic heterocycles. The third kappa shape index (κ3) is 6.85. The summed E-state index contributed by atoms with van der Waals surface area (Å²) in [5.74, 6) is -1.75. The molecule has 0 saturated carbocycles. The highest BCUT2D eigenvalue weighted by Gasteiger charge is 2.26. The average molecular weight is 491 g/mol. The molecule has 35 heavy (non-hydrogen) atoms. The number of likely N-dealkylation sites (N-methyl/N-ethyl adjacent to an activating group) is 1. The highest BCUT2D eigenvalue weighted by atomic mass is 19.3. The van der Waals surface area contributed by atoms with E-state index >= 15 is 0 Å². The molecule has 188 valence electrons. The second-order valence-electron chi connectivity index (χ2n) is 7.77. The van der Waals surface area contributed by atoms with Crippen LogP contribution in [0.5, 0.6) is 5.75 Å². The lowest BCUT2D eigenvalue weighted by Crippen LogP contribution is -2.52. The van der Waals surface area contributed by atoms with Crippen LogP contribution in [0.2, 0.25) is 0 Å². The van der Waals surface area contributed by atoms with Crippen molar-refractivity contribution < 1.29 is 27.9 Å². The van der Waals surface area contributed by atoms with Gasteiger partial charge in [0.1, 0.15) is 5.75 Å². The normalized spacial score (nSPS) is 13.9. The van der Waals surface area contributed by atoms with Gasteiger partial charge in [0.15, 0.2) is 0 Å². The Bertz CT molecular complexity index is 1010. The fourth-order valence-electron chi connectivity index (χ4n) is 3.52. The molecule has 2 heterocycles. The Balaban J connectivity index is 1.73. The topological polar surface area (TPSA) is 107 Å². The molecule has 0 radical (unpaired) electrons. The maximum atomic E-state index is 13.4. The molecule has 0 aliphatic carbocycles. The summed E-state index contributed by atoms with van der Waals surface area (Å²) in [4.78, 5) is 46.3. The van der Waals surface area contributed by atoms with Crippen LogP contribution in [0.3, 0.4) is 0 Å². The predicted molar refractivity (Wildman–Crippen MR) is 124 cm³/mol. The number of rotatable bonds is 7. The van der Waals surface area contributed by atoms with Crippen LogP contribution in [0, 0.1) is 0 Å². The summed E-state index contributed by atoms with van der Waals surface area (Å²) in [5.41, 5.74) is 4.75. The zero-order valence-corrected chi connectivity index (χ0v) is 19.5. The quantitative estimate of drug-likeness (QED) is 0.574. The van der Waals surface area contributed by atoms with Gasteiger partial charge in [0.25, 0.3) is 5.91 Å². The van der Waals surface area contributed by atoms with Gasteiger partial charge in [0.2, 0.25) is 0 Å². The first-order valence-electron chi connectivity index (χ1n) is 11.1. The number of hydrazine groups is 1. The number of halogens is 2. The lowest BCUT2D eigenvalue weighted by molar-refractivity contribution is -0.132. The lowest BCUT2D eigenvalue weighted by Gasteiger charge is -2.37. The van der Waals surface area contributed by atoms with E-state index in [9.17, 15) is 23.2 Å². The molecule has 1 aromatic carbocycles. The van der Waals surface area contributed by atoms with Crippen molar-refractivity contribution >= 4 is 23.5 Å². The van der Waals surface area contributed by atoms with Crippen LogP contribution >= 0.6 is 0 Å². The number of hydrogen-bond acceptors (Lipinski definition) is 6. The minimum atomic E-state index is -3.25. The number of methoxy groups -OCH3 is 1. The van der Waals surface area contributed by atoms with Crippen molar-refractivity contribution in [3.63, 3.8) is 0 Å². The number of nitrogens with one attached hydrogen (secondary N) is 2. The number of anilines is 1. The number of alkyl halides is 2. The van der Waals surface area contributed by atoms with Gasteiger partial charge >= 0.3 is 18.4 Å². The number of amides is 4. The van der Waals surface area contributed by atoms with E-state index in [1.54, 1.807) is 52.7 Å². The summed E-state index contributed by atoms with van der Waals surface area (Å²) < 4.78 is 29.7. The standard InChI is InChI=1S/C23H28F2N6O4/c1-3-29-10-12-30(13-11-29)23(34)31(18-6-8-19(35-2)9-7-18)15-17-5-4-16(14-26-17)21(32)27-28-22(33)20(24)25/h4-9,14,20H,3,10-13,15H2,1-2H3,(H,27,32)(H,28,33). The Labute approximate surface area is 201 Å². The van der Waals surface area contributed by atoms with Crippen molar-refractivity contribution in [3.05, 3.63) is 53.9 Å². The molecule has 2 N–H and O–H groups in total. The van der Waals surface area contributed by atoms with Gasteiger partial charge < -0.3 is 14.5 Å². The van der Waals surface area contributed by atoms with Crippen LogP contribution in [0.4, 0.5) is 19.3 Å². The van der Waals surface area contributed by atoms with Crippen LogP contribution < -0.4 is 20.5 Å². The summed E-state index contributed by atoms with van der Waals surface area (Å²) >= 11 is 0. The molecular weight excluding hydrogens is 462 g/mol. The zero-order valence-electron chi connectivity index (χ0n) is 19.5. The van der Waals surface area contributed by atoms with E-state index < -0.39 is 18.2 Å². The molecule has 0 unspecified atom stereocenters. The molecule has 0 bridgehead atoms. The lowest BCUT2D eigenvalue weighted by atomic mass is 10.2. The predicted octanol–water partition coefficient (Wildman–Crippen LogP) is 1.88. The van der Waals surface area contributed by atoms with Gasteiger partial charge in [-0.3, -0.25) is 30.3 Å². The SMILES string of the molecule is CCN1CCN(C(=O)N(Cc2ccc(C(=O)NNC(=O)C(F)F)cn2)c2ccc(OC)cc2)CC1. The van der Waals surface area contributed by atoms with Crippen molar-refractivity contribution in [3.8, 4) is 5.75 Å². The van der Waals surface area contributed by atoms with E-state index in [0.29, 0.717) is 30.2 Å². The third-order valence-corrected chi connectivity index (χ3v) is 5.61. The fraction of sp³-hybridized carbons (Fsp3) is 0.391. The maximum Gasteiger partial charge on any atom is 0.324 e. The second-order valence-corrected chi connectivity index (χ2v) is 7.77. The summed E-state index contributed by atoms with van der Waals surface area (Å²) in [7, 11) is 1.56. The summed E-state index contributed by atoms with van der Waals surface area (Å²) in [6, 6.07) is 9.92. The minimum Gasteiger partial charge on any atom is -0.497 e. The first kappa shape index (κ1) is 25.8. The second kappa shape index (κ2) is 12.1. The van der Waals surface area contributed by atoms with E-state index in [4.69, 9.17) is 4.74 Å². The number of ether oxygens (including phenoxy) is 1. The third-order valence-electron chi connectivity index (χ3n) is 5.61. The van der Waals surface area contributed by atoms with Gasteiger partial charge in [0, 0.05) is 38.1 Å². The Morgan fingerprint density at radius 3 is 2.29 bits per heavy atom. The van der Waals surface area contributed by atoms with Crippen molar-refractivity contribution in [1.82, 2.24) is 25.6 Å². The summed E-state index contributed by atoms with van der Waals surface area (Å²) in [6.07, 6.45) is -2.00. The smallest absolute Gasteiger partial charge is 0.324 e. The molecule has 1 aliphatic rings. The Kier molecular flexibility index (Phi) is 8.90. The maximum absolute atomic E-state index is 13.4. The molecule has 4 amide bonds. The summed E-state index contributed by atoms with van der Waals surface area (Å²) in [5, 5.41) is 0. The average Bonchev–Trinajstić information content (AvgIpc) is 2.90. The first-order chi connectivity index (χ1) is 16.8. The van der Waals surface area contributed by atoms with Crippen LogP contribution in [0.25, 0.3) is 0 Å². The zero-order chi connectivity index (χ0) is 25.4. The van der Waals surface area contributed by atoms with Crippen molar-refractivity contribution in [2.45, 2.75) is 19.9 Å². The number of carbonyl (C=O) groups excluding carboxylic acids is 3. The highest BCUT2D eigenvalue weighted by Crippen LogP contribution is 2.23. The van der Waals surface area contributed by atoms with Gasteiger partial charge in [-0.25, -0.2) is 4.79 Å². The van der Waals surface area contributed by atoms with Crippen molar-refractivity contribution in [2.75, 3.05) is 44.7 Å². The number of hydrogen-bond donors (Lipinski definition) is 2. The molecule has 12 heteroatoms. The van der Waals surface area contributed by atoms with E-state index in [1.165, 1.54) is 12.3 Å². The molecule has 3 rings (SSSR count). The van der Waals surface area contributed by atoms with Gasteiger partial charge in [-0.2, -0.15) is 8.78 Å². The fourth-order valence-corrected chi connectivity index (χ4v) is 3.52. The largest absolute Gasteiger partial charge is 0.497 e. The van der Waals surface area contributed by atoms with E-state index in [1.807, 2.05) is 5.43 Å². The molecule has 0 spiro atoms. The molecule has 0 atom stereocenters. The number of urea groups is 1. The van der Waals surface area contributed by atoms with Gasteiger partial charge in [-0.15, -0.1) is 0 Å². The van der Waals surface area contributed by atoms with Crippen LogP contribution in [0.1, 0.15) is 23.0 Å². The molecule has 1 saturated heterocycles. The Morgan fingerprint density at radius 2 is 1.74 bits per heavy atom. The number of nitrogens with zero attached hydrogens (tertiary/aromatic N) is 4. The number of piperazine rings is 1. The Morgan fingerprint density at radius 1 is 1.06 bits per heavy atom. The van der Waals surface area contributed by atoms with Gasteiger partial charge in [0.05, 0.1) is 24.9 Å². The summed E-state index contributed by atoms with van der Waals surface area (Å²) in [6.45, 7) is 5.96. The molecule has 10 nitrogen and oxygen atoms in total. The Hall–Kier alpha value is -3.80. The molecule has 1 aliphatic heterocycles. The molecular formula is C23H28F2N6O4. The minimum absolute atomic E-state index is 0.0568.